The molecule has 1 N–H and O–H groups in total. The first kappa shape index (κ1) is 14.1. The Bertz CT molecular complexity index is 441. The average molecular weight is 271 g/mol. The highest BCUT2D eigenvalue weighted by Gasteiger charge is 2.39. The van der Waals surface area contributed by atoms with E-state index in [0.29, 0.717) is 11.5 Å². The first-order valence-corrected chi connectivity index (χ1v) is 8.51. The van der Waals surface area contributed by atoms with Crippen molar-refractivity contribution < 1.29 is 0 Å². The van der Waals surface area contributed by atoms with Gasteiger partial charge in [-0.05, 0) is 35.8 Å². The number of rotatable bonds is 2. The van der Waals surface area contributed by atoms with Gasteiger partial charge in [0.05, 0.1) is 0 Å². The molecular formula is C19H29N. The van der Waals surface area contributed by atoms with E-state index in [4.69, 9.17) is 0 Å². The zero-order chi connectivity index (χ0) is 14.0. The second-order valence-corrected chi connectivity index (χ2v) is 7.51. The van der Waals surface area contributed by atoms with Crippen LogP contribution in [0.5, 0.6) is 0 Å². The van der Waals surface area contributed by atoms with Crippen molar-refractivity contribution >= 4 is 0 Å². The Labute approximate surface area is 124 Å². The Balaban J connectivity index is 1.74. The number of hydrogen-bond donors (Lipinski definition) is 1. The van der Waals surface area contributed by atoms with Crippen molar-refractivity contribution in [3.05, 3.63) is 35.4 Å². The van der Waals surface area contributed by atoms with E-state index in [1.165, 1.54) is 51.4 Å². The largest absolute Gasteiger partial charge is 0.307 e. The minimum absolute atomic E-state index is 0.353. The van der Waals surface area contributed by atoms with E-state index >= 15 is 0 Å². The molecule has 110 valence electrons. The fraction of sp³-hybridized carbons (Fsp3) is 0.684. The van der Waals surface area contributed by atoms with E-state index in [-0.39, 0.29) is 0 Å². The molecule has 1 atom stereocenters. The smallest absolute Gasteiger partial charge is 0.0379 e. The molecule has 1 aromatic carbocycles. The van der Waals surface area contributed by atoms with Crippen molar-refractivity contribution in [3.63, 3.8) is 0 Å². The third kappa shape index (κ3) is 2.93. The highest BCUT2D eigenvalue weighted by atomic mass is 15.0. The van der Waals surface area contributed by atoms with Crippen LogP contribution in [0.25, 0.3) is 0 Å². The fourth-order valence-electron chi connectivity index (χ4n) is 4.16. The summed E-state index contributed by atoms with van der Waals surface area (Å²) in [6, 6.07) is 10.3. The summed E-state index contributed by atoms with van der Waals surface area (Å²) in [5.41, 5.74) is 3.46. The zero-order valence-corrected chi connectivity index (χ0v) is 13.1. The number of fused-ring (bicyclic) bond motifs is 1. The van der Waals surface area contributed by atoms with Gasteiger partial charge in [-0.25, -0.2) is 0 Å². The summed E-state index contributed by atoms with van der Waals surface area (Å²) in [5, 5.41) is 4.03. The van der Waals surface area contributed by atoms with Crippen LogP contribution in [0.4, 0.5) is 0 Å². The van der Waals surface area contributed by atoms with Crippen LogP contribution in [0.15, 0.2) is 24.3 Å². The quantitative estimate of drug-likeness (QED) is 0.797. The van der Waals surface area contributed by atoms with Crippen LogP contribution in [0, 0.1) is 5.41 Å². The van der Waals surface area contributed by atoms with Gasteiger partial charge in [0, 0.05) is 12.1 Å². The Hall–Kier alpha value is -0.820. The van der Waals surface area contributed by atoms with Gasteiger partial charge in [-0.1, -0.05) is 70.2 Å². The van der Waals surface area contributed by atoms with Gasteiger partial charge in [-0.3, -0.25) is 0 Å². The number of benzene rings is 1. The lowest BCUT2D eigenvalue weighted by Gasteiger charge is -2.33. The molecule has 0 amide bonds. The second-order valence-electron chi connectivity index (χ2n) is 7.51. The summed E-state index contributed by atoms with van der Waals surface area (Å²) in [6.45, 7) is 4.85. The standard InChI is InChI=1S/C19H29N/c1-19(2)14-15-10-8-9-13-17(15)18(19)20-16-11-6-4-3-5-7-12-16/h8-10,13,16,18,20H,3-7,11-12,14H2,1-2H3. The van der Waals surface area contributed by atoms with Crippen LogP contribution in [0.2, 0.25) is 0 Å². The van der Waals surface area contributed by atoms with E-state index in [9.17, 15) is 0 Å². The first-order chi connectivity index (χ1) is 9.67. The molecule has 2 aliphatic rings. The molecule has 20 heavy (non-hydrogen) atoms. The molecule has 0 saturated heterocycles. The van der Waals surface area contributed by atoms with Crippen molar-refractivity contribution in [2.75, 3.05) is 0 Å². The molecule has 1 nitrogen and oxygen atoms in total. The topological polar surface area (TPSA) is 12.0 Å². The summed E-state index contributed by atoms with van der Waals surface area (Å²) in [4.78, 5) is 0. The van der Waals surface area contributed by atoms with Gasteiger partial charge in [-0.15, -0.1) is 0 Å². The van der Waals surface area contributed by atoms with E-state index < -0.39 is 0 Å². The van der Waals surface area contributed by atoms with Crippen LogP contribution in [0.1, 0.15) is 76.0 Å². The summed E-state index contributed by atoms with van der Waals surface area (Å²) in [7, 11) is 0. The van der Waals surface area contributed by atoms with Gasteiger partial charge in [0.25, 0.3) is 0 Å². The highest BCUT2D eigenvalue weighted by molar-refractivity contribution is 5.37. The van der Waals surface area contributed by atoms with Crippen LogP contribution in [-0.2, 0) is 6.42 Å². The normalized spacial score (nSPS) is 26.8. The van der Waals surface area contributed by atoms with Gasteiger partial charge < -0.3 is 5.32 Å². The molecular weight excluding hydrogens is 242 g/mol. The molecule has 0 radical (unpaired) electrons. The highest BCUT2D eigenvalue weighted by Crippen LogP contribution is 2.45. The van der Waals surface area contributed by atoms with Gasteiger partial charge >= 0.3 is 0 Å². The molecule has 0 bridgehead atoms. The lowest BCUT2D eigenvalue weighted by Crippen LogP contribution is -2.38. The molecule has 1 fully saturated rings. The number of nitrogens with one attached hydrogen (secondary N) is 1. The number of hydrogen-bond acceptors (Lipinski definition) is 1. The molecule has 1 unspecified atom stereocenters. The maximum atomic E-state index is 4.03. The average Bonchev–Trinajstić information content (AvgIpc) is 2.63. The Kier molecular flexibility index (Phi) is 4.16. The Morgan fingerprint density at radius 3 is 2.35 bits per heavy atom. The first-order valence-electron chi connectivity index (χ1n) is 8.51. The third-order valence-electron chi connectivity index (χ3n) is 5.30. The van der Waals surface area contributed by atoms with Crippen LogP contribution < -0.4 is 5.32 Å². The lowest BCUT2D eigenvalue weighted by atomic mass is 9.84. The zero-order valence-electron chi connectivity index (χ0n) is 13.1. The van der Waals surface area contributed by atoms with Gasteiger partial charge in [0.15, 0.2) is 0 Å². The van der Waals surface area contributed by atoms with Crippen molar-refractivity contribution in [1.82, 2.24) is 5.32 Å². The van der Waals surface area contributed by atoms with E-state index in [1.807, 2.05) is 0 Å². The third-order valence-corrected chi connectivity index (χ3v) is 5.30. The van der Waals surface area contributed by atoms with Crippen LogP contribution in [0.3, 0.4) is 0 Å². The van der Waals surface area contributed by atoms with Crippen molar-refractivity contribution in [2.45, 2.75) is 77.3 Å². The molecule has 1 aromatic rings. The van der Waals surface area contributed by atoms with Gasteiger partial charge in [0.1, 0.15) is 0 Å². The Morgan fingerprint density at radius 2 is 1.60 bits per heavy atom. The maximum absolute atomic E-state index is 4.03. The molecule has 0 heterocycles. The molecule has 1 heteroatoms. The summed E-state index contributed by atoms with van der Waals surface area (Å²) < 4.78 is 0. The lowest BCUT2D eigenvalue weighted by molar-refractivity contribution is 0.231. The van der Waals surface area contributed by atoms with Crippen molar-refractivity contribution in [3.8, 4) is 0 Å². The molecule has 3 rings (SSSR count). The minimum atomic E-state index is 0.353. The molecule has 0 aromatic heterocycles. The summed E-state index contributed by atoms with van der Waals surface area (Å²) in [6.07, 6.45) is 11.1. The molecule has 2 aliphatic carbocycles. The predicted octanol–water partition coefficient (Wildman–Crippen LogP) is 5.01. The molecule has 0 aliphatic heterocycles. The monoisotopic (exact) mass is 271 g/mol. The summed E-state index contributed by atoms with van der Waals surface area (Å²) >= 11 is 0. The maximum Gasteiger partial charge on any atom is 0.0379 e. The molecule has 0 spiro atoms. The molecule has 1 saturated carbocycles. The predicted molar refractivity (Wildman–Crippen MR) is 85.9 cm³/mol. The van der Waals surface area contributed by atoms with Crippen molar-refractivity contribution in [1.29, 1.82) is 0 Å². The van der Waals surface area contributed by atoms with Gasteiger partial charge in [-0.2, -0.15) is 0 Å². The second kappa shape index (κ2) is 5.89. The van der Waals surface area contributed by atoms with E-state index in [1.54, 1.807) is 11.1 Å². The summed E-state index contributed by atoms with van der Waals surface area (Å²) in [5.74, 6) is 0. The van der Waals surface area contributed by atoms with Crippen LogP contribution >= 0.6 is 0 Å². The van der Waals surface area contributed by atoms with E-state index in [0.717, 1.165) is 6.04 Å². The van der Waals surface area contributed by atoms with Crippen LogP contribution in [-0.4, -0.2) is 6.04 Å². The van der Waals surface area contributed by atoms with Gasteiger partial charge in [0.2, 0.25) is 0 Å². The Morgan fingerprint density at radius 1 is 0.950 bits per heavy atom. The van der Waals surface area contributed by atoms with Crippen molar-refractivity contribution in [2.24, 2.45) is 5.41 Å². The SMILES string of the molecule is CC1(C)Cc2ccccc2C1NC1CCCCCCC1. The van der Waals surface area contributed by atoms with E-state index in [2.05, 4.69) is 43.4 Å². The minimum Gasteiger partial charge on any atom is -0.307 e. The fourth-order valence-corrected chi connectivity index (χ4v) is 4.16.